The summed E-state index contributed by atoms with van der Waals surface area (Å²) in [5, 5.41) is 0. The van der Waals surface area contributed by atoms with Gasteiger partial charge in [0.1, 0.15) is 0 Å². The quantitative estimate of drug-likeness (QED) is 0.698. The molecule has 0 atom stereocenters. The van der Waals surface area contributed by atoms with Gasteiger partial charge in [0.05, 0.1) is 0 Å². The molecule has 0 spiro atoms. The van der Waals surface area contributed by atoms with Gasteiger partial charge in [-0.05, 0) is 11.6 Å². The molecule has 1 aliphatic rings. The third kappa shape index (κ3) is 1.33. The van der Waals surface area contributed by atoms with Gasteiger partial charge >= 0.3 is 0 Å². The molecule has 1 aromatic rings. The van der Waals surface area contributed by atoms with Crippen LogP contribution in [0.25, 0.3) is 5.57 Å². The number of hydrogen-bond acceptors (Lipinski definition) is 2. The summed E-state index contributed by atoms with van der Waals surface area (Å²) in [7, 11) is 2.11. The van der Waals surface area contributed by atoms with Crippen molar-refractivity contribution in [3.05, 3.63) is 35.9 Å². The fourth-order valence-corrected chi connectivity index (χ4v) is 1.82. The second-order valence-corrected chi connectivity index (χ2v) is 3.34. The number of anilines is 1. The highest BCUT2D eigenvalue weighted by atomic mass is 15.1. The van der Waals surface area contributed by atoms with E-state index in [4.69, 9.17) is 5.73 Å². The lowest BCUT2D eigenvalue weighted by molar-refractivity contribution is 1.08. The first-order valence-corrected chi connectivity index (χ1v) is 4.52. The predicted molar refractivity (Wildman–Crippen MR) is 56.7 cm³/mol. The van der Waals surface area contributed by atoms with Crippen LogP contribution in [0.3, 0.4) is 0 Å². The van der Waals surface area contributed by atoms with Crippen LogP contribution in [0.4, 0.5) is 5.69 Å². The van der Waals surface area contributed by atoms with E-state index in [0.717, 1.165) is 6.54 Å². The molecule has 0 aromatic heterocycles. The number of nitrogens with two attached hydrogens (primary N) is 1. The third-order valence-corrected chi connectivity index (χ3v) is 2.43. The van der Waals surface area contributed by atoms with Crippen molar-refractivity contribution in [3.63, 3.8) is 0 Å². The molecule has 0 saturated carbocycles. The minimum absolute atomic E-state index is 0.623. The van der Waals surface area contributed by atoms with Crippen LogP contribution in [0.2, 0.25) is 0 Å². The second-order valence-electron chi connectivity index (χ2n) is 3.34. The van der Waals surface area contributed by atoms with E-state index in [9.17, 15) is 0 Å². The smallest absolute Gasteiger partial charge is 0.0443 e. The van der Waals surface area contributed by atoms with Crippen LogP contribution in [0.5, 0.6) is 0 Å². The van der Waals surface area contributed by atoms with Gasteiger partial charge in [0.25, 0.3) is 0 Å². The van der Waals surface area contributed by atoms with E-state index in [-0.39, 0.29) is 0 Å². The maximum absolute atomic E-state index is 5.52. The van der Waals surface area contributed by atoms with Crippen molar-refractivity contribution < 1.29 is 0 Å². The van der Waals surface area contributed by atoms with Gasteiger partial charge in [0, 0.05) is 31.4 Å². The largest absolute Gasteiger partial charge is 0.370 e. The van der Waals surface area contributed by atoms with Crippen molar-refractivity contribution in [1.29, 1.82) is 0 Å². The average molecular weight is 174 g/mol. The molecular formula is C11H14N2. The monoisotopic (exact) mass is 174 g/mol. The Morgan fingerprint density at radius 1 is 1.46 bits per heavy atom. The van der Waals surface area contributed by atoms with Gasteiger partial charge in [-0.15, -0.1) is 0 Å². The van der Waals surface area contributed by atoms with Gasteiger partial charge in [0.2, 0.25) is 0 Å². The lowest BCUT2D eigenvalue weighted by Crippen LogP contribution is -2.12. The Kier molecular flexibility index (Phi) is 2.07. The Morgan fingerprint density at radius 2 is 2.23 bits per heavy atom. The van der Waals surface area contributed by atoms with Crippen molar-refractivity contribution in [2.24, 2.45) is 5.73 Å². The van der Waals surface area contributed by atoms with E-state index >= 15 is 0 Å². The normalized spacial score (nSPS) is 18.0. The molecule has 68 valence electrons. The highest BCUT2D eigenvalue weighted by molar-refractivity contribution is 5.85. The van der Waals surface area contributed by atoms with E-state index in [1.54, 1.807) is 0 Å². The summed E-state index contributed by atoms with van der Waals surface area (Å²) in [6.07, 6.45) is 2.10. The number of likely N-dealkylation sites (N-methyl/N-ethyl adjacent to an activating group) is 1. The first-order valence-electron chi connectivity index (χ1n) is 4.52. The van der Waals surface area contributed by atoms with Crippen molar-refractivity contribution in [2.75, 3.05) is 25.0 Å². The van der Waals surface area contributed by atoms with E-state index in [0.29, 0.717) is 6.54 Å². The molecule has 0 radical (unpaired) electrons. The number of para-hydroxylation sites is 1. The fourth-order valence-electron chi connectivity index (χ4n) is 1.82. The summed E-state index contributed by atoms with van der Waals surface area (Å²) >= 11 is 0. The molecule has 0 bridgehead atoms. The topological polar surface area (TPSA) is 29.3 Å². The number of benzene rings is 1. The second kappa shape index (κ2) is 3.23. The Balaban J connectivity index is 2.47. The number of hydrogen-bond donors (Lipinski definition) is 1. The van der Waals surface area contributed by atoms with Gasteiger partial charge in [-0.3, -0.25) is 0 Å². The molecule has 2 heteroatoms. The molecule has 13 heavy (non-hydrogen) atoms. The molecule has 0 amide bonds. The number of nitrogens with zero attached hydrogens (tertiary/aromatic N) is 1. The predicted octanol–water partition coefficient (Wildman–Crippen LogP) is 1.48. The summed E-state index contributed by atoms with van der Waals surface area (Å²) in [6, 6.07) is 8.44. The van der Waals surface area contributed by atoms with Crippen LogP contribution in [0, 0.1) is 0 Å². The molecule has 0 unspecified atom stereocenters. The highest BCUT2D eigenvalue weighted by Crippen LogP contribution is 2.33. The average Bonchev–Trinajstić information content (AvgIpc) is 2.46. The molecule has 1 aliphatic heterocycles. The van der Waals surface area contributed by atoms with E-state index in [1.165, 1.54) is 16.8 Å². The lowest BCUT2D eigenvalue weighted by atomic mass is 10.1. The Morgan fingerprint density at radius 3 is 3.00 bits per heavy atom. The standard InChI is InChI=1S/C11H14N2/c1-13-8-9(6-7-12)10-4-2-3-5-11(10)13/h2-6H,7-8,12H2,1H3/b9-6+. The highest BCUT2D eigenvalue weighted by Gasteiger charge is 2.18. The summed E-state index contributed by atoms with van der Waals surface area (Å²) in [4.78, 5) is 2.25. The molecule has 0 fully saturated rings. The molecule has 1 aromatic carbocycles. The fraction of sp³-hybridized carbons (Fsp3) is 0.273. The van der Waals surface area contributed by atoms with Crippen molar-refractivity contribution in [2.45, 2.75) is 0 Å². The molecule has 2 nitrogen and oxygen atoms in total. The molecule has 0 aliphatic carbocycles. The minimum atomic E-state index is 0.623. The maximum Gasteiger partial charge on any atom is 0.0443 e. The molecule has 2 N–H and O–H groups in total. The summed E-state index contributed by atoms with van der Waals surface area (Å²) in [6.45, 7) is 1.61. The van der Waals surface area contributed by atoms with E-state index in [2.05, 4.69) is 42.3 Å². The zero-order valence-corrected chi connectivity index (χ0v) is 7.83. The van der Waals surface area contributed by atoms with Crippen LogP contribution in [-0.2, 0) is 0 Å². The number of rotatable bonds is 1. The van der Waals surface area contributed by atoms with Crippen LogP contribution < -0.4 is 10.6 Å². The Bertz CT molecular complexity index is 342. The van der Waals surface area contributed by atoms with E-state index < -0.39 is 0 Å². The van der Waals surface area contributed by atoms with Gasteiger partial charge in [-0.2, -0.15) is 0 Å². The number of fused-ring (bicyclic) bond motifs is 1. The van der Waals surface area contributed by atoms with Crippen LogP contribution in [-0.4, -0.2) is 20.1 Å². The van der Waals surface area contributed by atoms with Gasteiger partial charge in [-0.25, -0.2) is 0 Å². The SMILES string of the molecule is CN1C/C(=C\CN)c2ccccc21. The van der Waals surface area contributed by atoms with Gasteiger partial charge in [-0.1, -0.05) is 24.3 Å². The van der Waals surface area contributed by atoms with Crippen molar-refractivity contribution >= 4 is 11.3 Å². The van der Waals surface area contributed by atoms with Gasteiger partial charge in [0.15, 0.2) is 0 Å². The molecule has 0 saturated heterocycles. The van der Waals surface area contributed by atoms with Crippen LogP contribution in [0.1, 0.15) is 5.56 Å². The molecule has 2 rings (SSSR count). The maximum atomic E-state index is 5.52. The minimum Gasteiger partial charge on any atom is -0.370 e. The van der Waals surface area contributed by atoms with Crippen LogP contribution >= 0.6 is 0 Å². The lowest BCUT2D eigenvalue weighted by Gasteiger charge is -2.09. The van der Waals surface area contributed by atoms with Crippen molar-refractivity contribution in [3.8, 4) is 0 Å². The Labute approximate surface area is 78.7 Å². The Hall–Kier alpha value is -1.28. The van der Waals surface area contributed by atoms with Gasteiger partial charge < -0.3 is 10.6 Å². The summed E-state index contributed by atoms with van der Waals surface area (Å²) < 4.78 is 0. The first-order chi connectivity index (χ1) is 6.33. The zero-order chi connectivity index (χ0) is 9.26. The summed E-state index contributed by atoms with van der Waals surface area (Å²) in [5.74, 6) is 0. The van der Waals surface area contributed by atoms with Crippen molar-refractivity contribution in [1.82, 2.24) is 0 Å². The van der Waals surface area contributed by atoms with Crippen LogP contribution in [0.15, 0.2) is 30.3 Å². The molecular weight excluding hydrogens is 160 g/mol. The zero-order valence-electron chi connectivity index (χ0n) is 7.83. The third-order valence-electron chi connectivity index (χ3n) is 2.43. The first kappa shape index (κ1) is 8.32. The summed E-state index contributed by atoms with van der Waals surface area (Å²) in [5.41, 5.74) is 9.50. The van der Waals surface area contributed by atoms with E-state index in [1.807, 2.05) is 0 Å². The molecule has 1 heterocycles.